The van der Waals surface area contributed by atoms with Crippen LogP contribution in [-0.2, 0) is 4.74 Å². The third-order valence-electron chi connectivity index (χ3n) is 3.91. The van der Waals surface area contributed by atoms with E-state index in [-0.39, 0.29) is 5.60 Å². The lowest BCUT2D eigenvalue weighted by molar-refractivity contribution is -0.0643. The van der Waals surface area contributed by atoms with Gasteiger partial charge in [0.05, 0.1) is 5.60 Å². The Kier molecular flexibility index (Phi) is 5.00. The van der Waals surface area contributed by atoms with Crippen LogP contribution in [0, 0.1) is 0 Å². The fraction of sp³-hybridized carbons (Fsp3) is 0.647. The van der Waals surface area contributed by atoms with E-state index in [2.05, 4.69) is 56.4 Å². The van der Waals surface area contributed by atoms with Gasteiger partial charge in [-0.2, -0.15) is 0 Å². The summed E-state index contributed by atoms with van der Waals surface area (Å²) >= 11 is 0. The summed E-state index contributed by atoms with van der Waals surface area (Å²) in [5, 5.41) is 3.85. The van der Waals surface area contributed by atoms with Gasteiger partial charge in [-0.3, -0.25) is 0 Å². The highest BCUT2D eigenvalue weighted by atomic mass is 16.5. The third kappa shape index (κ3) is 4.32. The van der Waals surface area contributed by atoms with Crippen molar-refractivity contribution in [3.63, 3.8) is 0 Å². The number of nitrogens with one attached hydrogen (secondary N) is 1. The van der Waals surface area contributed by atoms with E-state index in [1.54, 1.807) is 0 Å². The van der Waals surface area contributed by atoms with E-state index in [1.165, 1.54) is 18.4 Å². The minimum absolute atomic E-state index is 0.0172. The predicted octanol–water partition coefficient (Wildman–Crippen LogP) is 4.08. The Morgan fingerprint density at radius 1 is 1.32 bits per heavy atom. The molecule has 106 valence electrons. The van der Waals surface area contributed by atoms with E-state index in [1.807, 2.05) is 0 Å². The Morgan fingerprint density at radius 3 is 2.68 bits per heavy atom. The highest BCUT2D eigenvalue weighted by Crippen LogP contribution is 2.27. The summed E-state index contributed by atoms with van der Waals surface area (Å²) in [5.41, 5.74) is 1.43. The van der Waals surface area contributed by atoms with E-state index in [0.29, 0.717) is 12.1 Å². The van der Waals surface area contributed by atoms with Gasteiger partial charge >= 0.3 is 0 Å². The first-order valence-corrected chi connectivity index (χ1v) is 7.55. The second-order valence-corrected chi connectivity index (χ2v) is 6.22. The van der Waals surface area contributed by atoms with E-state index in [4.69, 9.17) is 4.74 Å². The predicted molar refractivity (Wildman–Crippen MR) is 80.3 cm³/mol. The van der Waals surface area contributed by atoms with Crippen LogP contribution in [0.4, 0.5) is 0 Å². The van der Waals surface area contributed by atoms with Crippen molar-refractivity contribution in [1.82, 2.24) is 5.32 Å². The fourth-order valence-corrected chi connectivity index (χ4v) is 2.98. The first-order valence-electron chi connectivity index (χ1n) is 7.55. The van der Waals surface area contributed by atoms with Crippen LogP contribution in [0.25, 0.3) is 0 Å². The number of ether oxygens (including phenoxy) is 1. The lowest BCUT2D eigenvalue weighted by Gasteiger charge is -2.37. The van der Waals surface area contributed by atoms with Crippen molar-refractivity contribution >= 4 is 0 Å². The minimum Gasteiger partial charge on any atom is -0.375 e. The number of hydrogen-bond acceptors (Lipinski definition) is 2. The topological polar surface area (TPSA) is 21.3 Å². The lowest BCUT2D eigenvalue weighted by Crippen LogP contribution is -2.44. The molecule has 0 aromatic heterocycles. The Bertz CT molecular complexity index is 374. The summed E-state index contributed by atoms with van der Waals surface area (Å²) < 4.78 is 5.80. The molecule has 0 amide bonds. The van der Waals surface area contributed by atoms with Gasteiger partial charge in [0.1, 0.15) is 0 Å². The maximum absolute atomic E-state index is 5.80. The van der Waals surface area contributed by atoms with Gasteiger partial charge in [-0.15, -0.1) is 0 Å². The molecule has 1 heterocycles. The molecule has 0 bridgehead atoms. The minimum atomic E-state index is 0.0172. The molecule has 1 aliphatic rings. The van der Waals surface area contributed by atoms with E-state index >= 15 is 0 Å². The lowest BCUT2D eigenvalue weighted by atomic mass is 9.92. The Hall–Kier alpha value is -0.860. The summed E-state index contributed by atoms with van der Waals surface area (Å²) in [7, 11) is 0. The van der Waals surface area contributed by atoms with Crippen LogP contribution in [0.2, 0.25) is 0 Å². The molecular formula is C17H27NO. The second-order valence-electron chi connectivity index (χ2n) is 6.22. The third-order valence-corrected chi connectivity index (χ3v) is 3.91. The molecule has 0 saturated carbocycles. The summed E-state index contributed by atoms with van der Waals surface area (Å²) in [5.74, 6) is 0. The van der Waals surface area contributed by atoms with Crippen molar-refractivity contribution in [2.24, 2.45) is 0 Å². The summed E-state index contributed by atoms with van der Waals surface area (Å²) in [6.07, 6.45) is 4.62. The van der Waals surface area contributed by atoms with Gasteiger partial charge in [-0.05, 0) is 38.7 Å². The van der Waals surface area contributed by atoms with Gasteiger partial charge < -0.3 is 10.1 Å². The molecule has 2 heteroatoms. The van der Waals surface area contributed by atoms with Gasteiger partial charge in [0.25, 0.3) is 0 Å². The van der Waals surface area contributed by atoms with Gasteiger partial charge in [0.2, 0.25) is 0 Å². The maximum atomic E-state index is 5.80. The van der Waals surface area contributed by atoms with Gasteiger partial charge in [0.15, 0.2) is 0 Å². The van der Waals surface area contributed by atoms with Crippen LogP contribution in [0.5, 0.6) is 0 Å². The summed E-state index contributed by atoms with van der Waals surface area (Å²) in [6.45, 7) is 7.51. The fourth-order valence-electron chi connectivity index (χ4n) is 2.98. The zero-order valence-electron chi connectivity index (χ0n) is 12.5. The van der Waals surface area contributed by atoms with Crippen LogP contribution in [0.15, 0.2) is 30.3 Å². The Labute approximate surface area is 117 Å². The first kappa shape index (κ1) is 14.5. The van der Waals surface area contributed by atoms with Crippen molar-refractivity contribution in [3.8, 4) is 0 Å². The van der Waals surface area contributed by atoms with Crippen molar-refractivity contribution in [3.05, 3.63) is 35.9 Å². The molecular weight excluding hydrogens is 234 g/mol. The van der Waals surface area contributed by atoms with Crippen LogP contribution >= 0.6 is 0 Å². The van der Waals surface area contributed by atoms with E-state index < -0.39 is 0 Å². The summed E-state index contributed by atoms with van der Waals surface area (Å²) in [4.78, 5) is 0. The molecule has 1 aliphatic heterocycles. The van der Waals surface area contributed by atoms with Crippen molar-refractivity contribution < 1.29 is 4.74 Å². The molecule has 2 atom stereocenters. The van der Waals surface area contributed by atoms with Crippen LogP contribution in [0.1, 0.15) is 58.1 Å². The second kappa shape index (κ2) is 6.53. The molecule has 0 spiro atoms. The molecule has 1 N–H and O–H groups in total. The average Bonchev–Trinajstić information content (AvgIpc) is 2.38. The standard InChI is InChI=1S/C17H27NO/c1-4-8-16(14-9-6-5-7-10-14)18-15-11-12-19-17(2,3)13-15/h5-7,9-10,15-16,18H,4,8,11-13H2,1-3H3. The maximum Gasteiger partial charge on any atom is 0.0641 e. The molecule has 2 nitrogen and oxygen atoms in total. The van der Waals surface area contributed by atoms with Crippen molar-refractivity contribution in [1.29, 1.82) is 0 Å². The number of hydrogen-bond donors (Lipinski definition) is 1. The van der Waals surface area contributed by atoms with Gasteiger partial charge in [0, 0.05) is 18.7 Å². The summed E-state index contributed by atoms with van der Waals surface area (Å²) in [6, 6.07) is 11.9. The highest BCUT2D eigenvalue weighted by Gasteiger charge is 2.29. The first-order chi connectivity index (χ1) is 9.11. The Balaban J connectivity index is 2.01. The molecule has 1 fully saturated rings. The Morgan fingerprint density at radius 2 is 2.05 bits per heavy atom. The van der Waals surface area contributed by atoms with Crippen LogP contribution < -0.4 is 5.32 Å². The molecule has 0 radical (unpaired) electrons. The smallest absolute Gasteiger partial charge is 0.0641 e. The monoisotopic (exact) mass is 261 g/mol. The number of benzene rings is 1. The van der Waals surface area contributed by atoms with Gasteiger partial charge in [-0.1, -0.05) is 43.7 Å². The highest BCUT2D eigenvalue weighted by molar-refractivity contribution is 5.19. The van der Waals surface area contributed by atoms with E-state index in [9.17, 15) is 0 Å². The van der Waals surface area contributed by atoms with Crippen LogP contribution in [-0.4, -0.2) is 18.2 Å². The molecule has 1 aromatic rings. The molecule has 2 rings (SSSR count). The quantitative estimate of drug-likeness (QED) is 0.862. The number of rotatable bonds is 5. The van der Waals surface area contributed by atoms with Crippen molar-refractivity contribution in [2.45, 2.75) is 64.1 Å². The normalized spacial score (nSPS) is 24.1. The molecule has 1 aromatic carbocycles. The zero-order chi connectivity index (χ0) is 13.7. The molecule has 19 heavy (non-hydrogen) atoms. The van der Waals surface area contributed by atoms with Gasteiger partial charge in [-0.25, -0.2) is 0 Å². The average molecular weight is 261 g/mol. The van der Waals surface area contributed by atoms with Crippen LogP contribution in [0.3, 0.4) is 0 Å². The zero-order valence-corrected chi connectivity index (χ0v) is 12.5. The van der Waals surface area contributed by atoms with E-state index in [0.717, 1.165) is 19.4 Å². The van der Waals surface area contributed by atoms with Crippen molar-refractivity contribution in [2.75, 3.05) is 6.61 Å². The SMILES string of the molecule is CCCC(NC1CCOC(C)(C)C1)c1ccccc1. The molecule has 2 unspecified atom stereocenters. The molecule has 0 aliphatic carbocycles. The molecule has 1 saturated heterocycles. The largest absolute Gasteiger partial charge is 0.375 e.